The van der Waals surface area contributed by atoms with E-state index in [9.17, 15) is 0 Å². The summed E-state index contributed by atoms with van der Waals surface area (Å²) in [6.45, 7) is 5.31. The summed E-state index contributed by atoms with van der Waals surface area (Å²) in [4.78, 5) is 2.59. The Balaban J connectivity index is 1.90. The largest absolute Gasteiger partial charge is 0.379 e. The minimum atomic E-state index is 0.668. The molecule has 2 heteroatoms. The molecule has 10 heavy (non-hydrogen) atoms. The van der Waals surface area contributed by atoms with Gasteiger partial charge in [-0.2, -0.15) is 0 Å². The average molecular weight is 141 g/mol. The van der Waals surface area contributed by atoms with Gasteiger partial charge in [0.25, 0.3) is 0 Å². The summed E-state index contributed by atoms with van der Waals surface area (Å²) in [5, 5.41) is 0. The van der Waals surface area contributed by atoms with E-state index in [1.54, 1.807) is 0 Å². The Morgan fingerprint density at radius 1 is 1.40 bits per heavy atom. The number of morpholine rings is 1. The van der Waals surface area contributed by atoms with Crippen LogP contribution in [0.1, 0.15) is 19.8 Å². The van der Waals surface area contributed by atoms with Crippen molar-refractivity contribution >= 4 is 0 Å². The van der Waals surface area contributed by atoms with Crippen LogP contribution in [0.2, 0.25) is 0 Å². The lowest BCUT2D eigenvalue weighted by molar-refractivity contribution is -0.00451. The first kappa shape index (κ1) is 6.62. The van der Waals surface area contributed by atoms with Crippen LogP contribution in [0.3, 0.4) is 0 Å². The van der Waals surface area contributed by atoms with E-state index in [4.69, 9.17) is 4.74 Å². The molecule has 2 aliphatic rings. The topological polar surface area (TPSA) is 12.5 Å². The molecule has 1 heterocycles. The van der Waals surface area contributed by atoms with Crippen LogP contribution < -0.4 is 0 Å². The summed E-state index contributed by atoms with van der Waals surface area (Å²) in [6, 6.07) is 1.58. The lowest BCUT2D eigenvalue weighted by atomic mass is 10.2. The van der Waals surface area contributed by atoms with E-state index < -0.39 is 0 Å². The maximum atomic E-state index is 5.35. The molecule has 0 spiro atoms. The standard InChI is InChI=1S/C8H15NO/c1-7-6-10-5-4-9(7)8-2-3-8/h7-8H,2-6H2,1H3. The Hall–Kier alpha value is -0.0800. The van der Waals surface area contributed by atoms with Gasteiger partial charge < -0.3 is 4.74 Å². The molecule has 1 saturated carbocycles. The predicted molar refractivity (Wildman–Crippen MR) is 40.0 cm³/mol. The van der Waals surface area contributed by atoms with Crippen LogP contribution in [0.5, 0.6) is 0 Å². The Bertz CT molecular complexity index is 122. The maximum Gasteiger partial charge on any atom is 0.0619 e. The van der Waals surface area contributed by atoms with E-state index in [1.807, 2.05) is 0 Å². The van der Waals surface area contributed by atoms with Gasteiger partial charge in [0.2, 0.25) is 0 Å². The van der Waals surface area contributed by atoms with Crippen molar-refractivity contribution in [2.45, 2.75) is 31.8 Å². The van der Waals surface area contributed by atoms with Crippen molar-refractivity contribution in [3.05, 3.63) is 0 Å². The fourth-order valence-corrected chi connectivity index (χ4v) is 1.69. The Kier molecular flexibility index (Phi) is 1.66. The highest BCUT2D eigenvalue weighted by atomic mass is 16.5. The van der Waals surface area contributed by atoms with Gasteiger partial charge in [-0.25, -0.2) is 0 Å². The van der Waals surface area contributed by atoms with Crippen LogP contribution in [-0.4, -0.2) is 36.7 Å². The second-order valence-electron chi connectivity index (χ2n) is 3.39. The number of hydrogen-bond acceptors (Lipinski definition) is 2. The molecule has 0 radical (unpaired) electrons. The van der Waals surface area contributed by atoms with E-state index in [-0.39, 0.29) is 0 Å². The van der Waals surface area contributed by atoms with Gasteiger partial charge in [-0.1, -0.05) is 0 Å². The maximum absolute atomic E-state index is 5.35. The Morgan fingerprint density at radius 3 is 2.80 bits per heavy atom. The molecular formula is C8H15NO. The first-order chi connectivity index (χ1) is 4.88. The number of nitrogens with zero attached hydrogens (tertiary/aromatic N) is 1. The minimum absolute atomic E-state index is 0.668. The molecule has 2 fully saturated rings. The molecule has 1 atom stereocenters. The Morgan fingerprint density at radius 2 is 2.20 bits per heavy atom. The van der Waals surface area contributed by atoms with Crippen LogP contribution in [0, 0.1) is 0 Å². The van der Waals surface area contributed by atoms with Gasteiger partial charge in [0.05, 0.1) is 13.2 Å². The second-order valence-corrected chi connectivity index (χ2v) is 3.39. The van der Waals surface area contributed by atoms with Crippen molar-refractivity contribution in [1.82, 2.24) is 4.90 Å². The molecule has 1 aliphatic carbocycles. The number of ether oxygens (including phenoxy) is 1. The number of rotatable bonds is 1. The third-order valence-corrected chi connectivity index (χ3v) is 2.43. The van der Waals surface area contributed by atoms with Crippen LogP contribution in [0.15, 0.2) is 0 Å². The fraction of sp³-hybridized carbons (Fsp3) is 1.00. The smallest absolute Gasteiger partial charge is 0.0619 e. The van der Waals surface area contributed by atoms with Crippen LogP contribution in [-0.2, 0) is 4.74 Å². The summed E-state index contributed by atoms with van der Waals surface area (Å²) >= 11 is 0. The third-order valence-electron chi connectivity index (χ3n) is 2.43. The molecule has 0 N–H and O–H groups in total. The highest BCUT2D eigenvalue weighted by Crippen LogP contribution is 2.29. The molecule has 58 valence electrons. The second kappa shape index (κ2) is 2.51. The van der Waals surface area contributed by atoms with Gasteiger partial charge in [-0.3, -0.25) is 4.90 Å². The Labute approximate surface area is 62.2 Å². The lowest BCUT2D eigenvalue weighted by Gasteiger charge is -2.33. The van der Waals surface area contributed by atoms with E-state index in [0.717, 1.165) is 25.8 Å². The highest BCUT2D eigenvalue weighted by Gasteiger charge is 2.33. The first-order valence-corrected chi connectivity index (χ1v) is 4.21. The summed E-state index contributed by atoms with van der Waals surface area (Å²) in [5.74, 6) is 0. The van der Waals surface area contributed by atoms with Crippen molar-refractivity contribution < 1.29 is 4.74 Å². The molecule has 0 amide bonds. The summed E-state index contributed by atoms with van der Waals surface area (Å²) in [7, 11) is 0. The van der Waals surface area contributed by atoms with Crippen molar-refractivity contribution in [3.8, 4) is 0 Å². The van der Waals surface area contributed by atoms with Crippen molar-refractivity contribution in [1.29, 1.82) is 0 Å². The monoisotopic (exact) mass is 141 g/mol. The molecule has 0 aromatic heterocycles. The zero-order chi connectivity index (χ0) is 6.97. The van der Waals surface area contributed by atoms with Crippen LogP contribution >= 0.6 is 0 Å². The van der Waals surface area contributed by atoms with Gasteiger partial charge >= 0.3 is 0 Å². The van der Waals surface area contributed by atoms with Gasteiger partial charge in [-0.05, 0) is 19.8 Å². The zero-order valence-electron chi connectivity index (χ0n) is 6.55. The fourth-order valence-electron chi connectivity index (χ4n) is 1.69. The van der Waals surface area contributed by atoms with Crippen molar-refractivity contribution in [3.63, 3.8) is 0 Å². The lowest BCUT2D eigenvalue weighted by Crippen LogP contribution is -2.44. The predicted octanol–water partition coefficient (Wildman–Crippen LogP) is 0.869. The quantitative estimate of drug-likeness (QED) is 0.537. The van der Waals surface area contributed by atoms with E-state index in [1.165, 1.54) is 12.8 Å². The third kappa shape index (κ3) is 1.18. The molecule has 2 rings (SSSR count). The summed E-state index contributed by atoms with van der Waals surface area (Å²) in [5.41, 5.74) is 0. The van der Waals surface area contributed by atoms with Crippen molar-refractivity contribution in [2.75, 3.05) is 19.8 Å². The van der Waals surface area contributed by atoms with Crippen molar-refractivity contribution in [2.24, 2.45) is 0 Å². The average Bonchev–Trinajstić information content (AvgIpc) is 2.71. The molecule has 1 unspecified atom stereocenters. The van der Waals surface area contributed by atoms with E-state index >= 15 is 0 Å². The number of hydrogen-bond donors (Lipinski definition) is 0. The SMILES string of the molecule is CC1COCCN1C1CC1. The molecule has 0 aromatic carbocycles. The van der Waals surface area contributed by atoms with Gasteiger partial charge in [0.15, 0.2) is 0 Å². The first-order valence-electron chi connectivity index (χ1n) is 4.21. The molecule has 1 saturated heterocycles. The molecule has 0 bridgehead atoms. The normalized spacial score (nSPS) is 36.3. The van der Waals surface area contributed by atoms with E-state index in [0.29, 0.717) is 6.04 Å². The molecule has 1 aliphatic heterocycles. The van der Waals surface area contributed by atoms with Crippen LogP contribution in [0.25, 0.3) is 0 Å². The zero-order valence-corrected chi connectivity index (χ0v) is 6.55. The summed E-state index contributed by atoms with van der Waals surface area (Å²) < 4.78 is 5.35. The minimum Gasteiger partial charge on any atom is -0.379 e. The van der Waals surface area contributed by atoms with E-state index in [2.05, 4.69) is 11.8 Å². The molecular weight excluding hydrogens is 126 g/mol. The van der Waals surface area contributed by atoms with Gasteiger partial charge in [0, 0.05) is 18.6 Å². The van der Waals surface area contributed by atoms with Crippen LogP contribution in [0.4, 0.5) is 0 Å². The highest BCUT2D eigenvalue weighted by molar-refractivity contribution is 4.88. The molecule has 2 nitrogen and oxygen atoms in total. The molecule has 0 aromatic rings. The van der Waals surface area contributed by atoms with Gasteiger partial charge in [-0.15, -0.1) is 0 Å². The van der Waals surface area contributed by atoms with Gasteiger partial charge in [0.1, 0.15) is 0 Å². The summed E-state index contributed by atoms with van der Waals surface area (Å²) in [6.07, 6.45) is 2.84.